The lowest BCUT2D eigenvalue weighted by molar-refractivity contribution is 0.0427. The second-order valence-electron chi connectivity index (χ2n) is 9.82. The van der Waals surface area contributed by atoms with E-state index in [0.29, 0.717) is 18.7 Å². The van der Waals surface area contributed by atoms with Gasteiger partial charge in [-0.15, -0.1) is 0 Å². The van der Waals surface area contributed by atoms with Gasteiger partial charge in [0.15, 0.2) is 0 Å². The number of likely N-dealkylation sites (N-methyl/N-ethyl adjacent to an activating group) is 1. The highest BCUT2D eigenvalue weighted by molar-refractivity contribution is 7.83. The van der Waals surface area contributed by atoms with Gasteiger partial charge < -0.3 is 14.9 Å². The van der Waals surface area contributed by atoms with Gasteiger partial charge in [0.1, 0.15) is 18.5 Å². The number of ether oxygens (including phenoxy) is 1. The Kier molecular flexibility index (Phi) is 11.1. The van der Waals surface area contributed by atoms with Gasteiger partial charge in [-0.05, 0) is 41.6 Å². The minimum atomic E-state index is -4.46. The molecule has 0 aromatic heterocycles. The second kappa shape index (κ2) is 13.3. The second-order valence-corrected chi connectivity index (χ2v) is 11.2. The number of aliphatic hydroxyl groups excluding tert-OH is 2. The van der Waals surface area contributed by atoms with Gasteiger partial charge in [-0.1, -0.05) is 70.2 Å². The molecule has 8 nitrogen and oxygen atoms in total. The third kappa shape index (κ3) is 10.6. The molecule has 0 unspecified atom stereocenters. The molecule has 0 fully saturated rings. The monoisotopic (exact) mass is 508 g/mol. The molecule has 0 saturated carbocycles. The van der Waals surface area contributed by atoms with Crippen LogP contribution in [-0.2, 0) is 22.1 Å². The summed E-state index contributed by atoms with van der Waals surface area (Å²) in [6.45, 7) is 9.15. The molecule has 196 valence electrons. The Balaban J connectivity index is 1.84. The van der Waals surface area contributed by atoms with Crippen LogP contribution in [0.3, 0.4) is 0 Å². The van der Waals surface area contributed by atoms with Crippen molar-refractivity contribution < 1.29 is 27.9 Å². The van der Waals surface area contributed by atoms with Gasteiger partial charge in [0, 0.05) is 26.2 Å². The molecular formula is C26H40N2O6S. The van der Waals surface area contributed by atoms with E-state index < -0.39 is 22.5 Å². The zero-order chi connectivity index (χ0) is 26.1. The molecular weight excluding hydrogens is 468 g/mol. The largest absolute Gasteiger partial charge is 0.491 e. The van der Waals surface area contributed by atoms with E-state index in [1.54, 1.807) is 0 Å². The van der Waals surface area contributed by atoms with Crippen molar-refractivity contribution in [2.45, 2.75) is 51.7 Å². The fourth-order valence-electron chi connectivity index (χ4n) is 3.72. The summed E-state index contributed by atoms with van der Waals surface area (Å²) in [7, 11) is -4.46. The van der Waals surface area contributed by atoms with E-state index in [4.69, 9.17) is 4.74 Å². The third-order valence-electron chi connectivity index (χ3n) is 5.78. The van der Waals surface area contributed by atoms with E-state index in [-0.39, 0.29) is 38.2 Å². The van der Waals surface area contributed by atoms with Crippen molar-refractivity contribution in [1.29, 1.82) is 0 Å². The Bertz CT molecular complexity index is 977. The van der Waals surface area contributed by atoms with Crippen molar-refractivity contribution >= 4 is 10.3 Å². The van der Waals surface area contributed by atoms with Crippen LogP contribution in [0, 0.1) is 0 Å². The number of rotatable bonds is 14. The van der Waals surface area contributed by atoms with Crippen molar-refractivity contribution in [3.8, 4) is 5.75 Å². The van der Waals surface area contributed by atoms with Gasteiger partial charge in [-0.25, -0.2) is 0 Å². The lowest BCUT2D eigenvalue weighted by Gasteiger charge is -2.28. The van der Waals surface area contributed by atoms with E-state index in [1.165, 1.54) is 5.56 Å². The van der Waals surface area contributed by atoms with E-state index in [9.17, 15) is 23.2 Å². The summed E-state index contributed by atoms with van der Waals surface area (Å²) in [6, 6.07) is 17.1. The number of hydrogen-bond acceptors (Lipinski definition) is 6. The zero-order valence-electron chi connectivity index (χ0n) is 21.2. The standard InChI is InChI=1S/C26H40N2O6S/c1-5-27(18-24(30)20-34-25-13-11-22(12-14-25)26(2,3)4)17-23(29)19-28(35(31,32)33)16-15-21-9-7-6-8-10-21/h6-14,23-24,29-30H,5,15-20H2,1-4H3,(H,31,32,33)/t23-,24-/m0/s1. The number of nitrogens with zero attached hydrogens (tertiary/aromatic N) is 2. The van der Waals surface area contributed by atoms with Crippen LogP contribution < -0.4 is 4.74 Å². The number of aliphatic hydroxyl groups is 2. The molecule has 0 aliphatic rings. The van der Waals surface area contributed by atoms with Gasteiger partial charge in [-0.3, -0.25) is 9.45 Å². The molecule has 0 radical (unpaired) electrons. The lowest BCUT2D eigenvalue weighted by Crippen LogP contribution is -2.45. The Labute approximate surface area is 210 Å². The predicted octanol–water partition coefficient (Wildman–Crippen LogP) is 2.75. The summed E-state index contributed by atoms with van der Waals surface area (Å²) in [4.78, 5) is 1.82. The minimum absolute atomic E-state index is 0.0486. The first-order valence-electron chi connectivity index (χ1n) is 12.0. The van der Waals surface area contributed by atoms with Gasteiger partial charge in [0.05, 0.1) is 6.10 Å². The highest BCUT2D eigenvalue weighted by atomic mass is 32.2. The molecule has 0 heterocycles. The molecule has 0 aliphatic carbocycles. The SMILES string of the molecule is CCN(C[C@H](O)COc1ccc(C(C)(C)C)cc1)C[C@H](O)CN(CCc1ccccc1)S(=O)(=O)O. The Hall–Kier alpha value is -2.01. The minimum Gasteiger partial charge on any atom is -0.491 e. The fraction of sp³-hybridized carbons (Fsp3) is 0.538. The maximum Gasteiger partial charge on any atom is 0.336 e. The van der Waals surface area contributed by atoms with Gasteiger partial charge in [0.2, 0.25) is 0 Å². The molecule has 0 amide bonds. The normalized spacial score (nSPS) is 14.3. The van der Waals surface area contributed by atoms with Crippen molar-refractivity contribution in [1.82, 2.24) is 9.21 Å². The van der Waals surface area contributed by atoms with E-state index in [1.807, 2.05) is 66.4 Å². The van der Waals surface area contributed by atoms with E-state index in [2.05, 4.69) is 20.8 Å². The van der Waals surface area contributed by atoms with Crippen LogP contribution in [0.5, 0.6) is 5.75 Å². The Morgan fingerprint density at radius 1 is 0.914 bits per heavy atom. The average molecular weight is 509 g/mol. The molecule has 9 heteroatoms. The fourth-order valence-corrected chi connectivity index (χ4v) is 4.40. The topological polar surface area (TPSA) is 111 Å². The van der Waals surface area contributed by atoms with Crippen molar-refractivity contribution in [2.24, 2.45) is 0 Å². The molecule has 35 heavy (non-hydrogen) atoms. The first kappa shape index (κ1) is 29.2. The van der Waals surface area contributed by atoms with E-state index >= 15 is 0 Å². The predicted molar refractivity (Wildman–Crippen MR) is 138 cm³/mol. The van der Waals surface area contributed by atoms with Crippen LogP contribution in [0.15, 0.2) is 54.6 Å². The van der Waals surface area contributed by atoms with Gasteiger partial charge in [0.25, 0.3) is 0 Å². The molecule has 3 N–H and O–H groups in total. The Morgan fingerprint density at radius 3 is 2.06 bits per heavy atom. The molecule has 2 rings (SSSR count). The summed E-state index contributed by atoms with van der Waals surface area (Å²) in [5, 5.41) is 21.0. The summed E-state index contributed by atoms with van der Waals surface area (Å²) in [5.41, 5.74) is 2.17. The molecule has 0 bridgehead atoms. The Morgan fingerprint density at radius 2 is 1.51 bits per heavy atom. The summed E-state index contributed by atoms with van der Waals surface area (Å²) in [6.07, 6.45) is -1.41. The summed E-state index contributed by atoms with van der Waals surface area (Å²) < 4.78 is 39.8. The number of benzene rings is 2. The third-order valence-corrected chi connectivity index (χ3v) is 6.77. The van der Waals surface area contributed by atoms with Crippen molar-refractivity contribution in [3.63, 3.8) is 0 Å². The maximum atomic E-state index is 11.8. The first-order chi connectivity index (χ1) is 16.4. The van der Waals surface area contributed by atoms with Crippen LogP contribution in [-0.4, -0.2) is 83.9 Å². The number of hydrogen-bond donors (Lipinski definition) is 3. The van der Waals surface area contributed by atoms with Crippen LogP contribution >= 0.6 is 0 Å². The summed E-state index contributed by atoms with van der Waals surface area (Å²) >= 11 is 0. The van der Waals surface area contributed by atoms with Crippen LogP contribution in [0.25, 0.3) is 0 Å². The highest BCUT2D eigenvalue weighted by Gasteiger charge is 2.24. The van der Waals surface area contributed by atoms with Crippen LogP contribution in [0.2, 0.25) is 0 Å². The average Bonchev–Trinajstić information content (AvgIpc) is 2.79. The van der Waals surface area contributed by atoms with Crippen LogP contribution in [0.1, 0.15) is 38.8 Å². The maximum absolute atomic E-state index is 11.8. The molecule has 0 aliphatic heterocycles. The molecule has 2 atom stereocenters. The summed E-state index contributed by atoms with van der Waals surface area (Å²) in [5.74, 6) is 0.669. The van der Waals surface area contributed by atoms with Crippen molar-refractivity contribution in [3.05, 3.63) is 65.7 Å². The molecule has 0 saturated heterocycles. The van der Waals surface area contributed by atoms with Gasteiger partial charge in [-0.2, -0.15) is 12.7 Å². The van der Waals surface area contributed by atoms with Crippen LogP contribution in [0.4, 0.5) is 0 Å². The molecule has 0 spiro atoms. The molecule has 2 aromatic carbocycles. The van der Waals surface area contributed by atoms with Gasteiger partial charge >= 0.3 is 10.3 Å². The zero-order valence-corrected chi connectivity index (χ0v) is 22.0. The quantitative estimate of drug-likeness (QED) is 0.337. The smallest absolute Gasteiger partial charge is 0.336 e. The highest BCUT2D eigenvalue weighted by Crippen LogP contribution is 2.24. The van der Waals surface area contributed by atoms with Crippen molar-refractivity contribution in [2.75, 3.05) is 39.3 Å². The lowest BCUT2D eigenvalue weighted by atomic mass is 9.87. The van der Waals surface area contributed by atoms with E-state index in [0.717, 1.165) is 9.87 Å². The molecule has 2 aromatic rings. The first-order valence-corrected chi connectivity index (χ1v) is 13.4.